The van der Waals surface area contributed by atoms with Gasteiger partial charge in [0.1, 0.15) is 8.07 Å². The molecule has 3 heteroatoms. The fourth-order valence-electron chi connectivity index (χ4n) is 2.30. The Labute approximate surface area is 164 Å². The molecule has 25 heavy (non-hydrogen) atoms. The lowest BCUT2D eigenvalue weighted by atomic mass is 10.1. The second-order valence-corrected chi connectivity index (χ2v) is 13.1. The number of benzene rings is 1. The van der Waals surface area contributed by atoms with E-state index in [9.17, 15) is 0 Å². The highest BCUT2D eigenvalue weighted by atomic mass is 79.9. The van der Waals surface area contributed by atoms with E-state index in [-0.39, 0.29) is 0 Å². The second-order valence-electron chi connectivity index (χ2n) is 7.42. The average molecular weight is 419 g/mol. The minimum atomic E-state index is -1.35. The normalized spacial score (nSPS) is 10.6. The van der Waals surface area contributed by atoms with Crippen LogP contribution in [0, 0.1) is 23.3 Å². The zero-order chi connectivity index (χ0) is 18.5. The molecule has 0 heterocycles. The maximum Gasteiger partial charge on any atom is 0.130 e. The minimum Gasteiger partial charge on any atom is -0.377 e. The molecular formula is C22H31BrOSi. The highest BCUT2D eigenvalue weighted by Crippen LogP contribution is 2.16. The van der Waals surface area contributed by atoms with Crippen molar-refractivity contribution in [2.75, 3.05) is 6.61 Å². The zero-order valence-corrected chi connectivity index (χ0v) is 18.8. The van der Waals surface area contributed by atoms with Crippen molar-refractivity contribution in [2.45, 2.75) is 71.7 Å². The van der Waals surface area contributed by atoms with Gasteiger partial charge in [-0.1, -0.05) is 80.5 Å². The molecule has 1 aromatic rings. The van der Waals surface area contributed by atoms with Crippen molar-refractivity contribution in [2.24, 2.45) is 0 Å². The van der Waals surface area contributed by atoms with E-state index in [1.807, 2.05) is 6.07 Å². The molecule has 1 nitrogen and oxygen atoms in total. The van der Waals surface area contributed by atoms with Crippen LogP contribution < -0.4 is 0 Å². The summed E-state index contributed by atoms with van der Waals surface area (Å²) in [5, 5.41) is 0. The molecule has 0 aliphatic carbocycles. The molecule has 0 amide bonds. The van der Waals surface area contributed by atoms with Crippen molar-refractivity contribution in [1.82, 2.24) is 0 Å². The van der Waals surface area contributed by atoms with Crippen LogP contribution in [0.3, 0.4) is 0 Å². The first-order chi connectivity index (χ1) is 11.9. The predicted octanol–water partition coefficient (Wildman–Crippen LogP) is 6.56. The van der Waals surface area contributed by atoms with E-state index in [2.05, 4.69) is 77.9 Å². The first-order valence-corrected chi connectivity index (χ1v) is 13.6. The van der Waals surface area contributed by atoms with Gasteiger partial charge in [0.2, 0.25) is 0 Å². The van der Waals surface area contributed by atoms with Gasteiger partial charge >= 0.3 is 0 Å². The summed E-state index contributed by atoms with van der Waals surface area (Å²) in [6.07, 6.45) is 7.75. The van der Waals surface area contributed by atoms with Gasteiger partial charge in [0.15, 0.2) is 0 Å². The molecule has 1 rings (SSSR count). The SMILES string of the molecule is CCCCCCCCOCc1cc(Br)cc(C#CC#C[Si](C)(C)C)c1. The molecule has 0 aliphatic heterocycles. The largest absolute Gasteiger partial charge is 0.377 e. The maximum absolute atomic E-state index is 5.82. The fraction of sp³-hybridized carbons (Fsp3) is 0.545. The third-order valence-electron chi connectivity index (χ3n) is 3.58. The summed E-state index contributed by atoms with van der Waals surface area (Å²) in [4.78, 5) is 0. The quantitative estimate of drug-likeness (QED) is 0.250. The molecule has 0 aliphatic rings. The van der Waals surface area contributed by atoms with Crippen molar-refractivity contribution in [1.29, 1.82) is 0 Å². The second kappa shape index (κ2) is 12.4. The topological polar surface area (TPSA) is 9.23 Å². The number of halogens is 1. The molecule has 0 aromatic heterocycles. The number of ether oxygens (including phenoxy) is 1. The Morgan fingerprint density at radius 1 is 0.960 bits per heavy atom. The molecule has 0 bridgehead atoms. The number of rotatable bonds is 9. The van der Waals surface area contributed by atoms with Crippen molar-refractivity contribution in [3.05, 3.63) is 33.8 Å². The van der Waals surface area contributed by atoms with Crippen LogP contribution in [0.2, 0.25) is 19.6 Å². The maximum atomic E-state index is 5.82. The molecular weight excluding hydrogens is 388 g/mol. The first-order valence-electron chi connectivity index (χ1n) is 9.31. The van der Waals surface area contributed by atoms with Gasteiger partial charge in [0.05, 0.1) is 6.61 Å². The van der Waals surface area contributed by atoms with E-state index in [1.165, 1.54) is 32.1 Å². The summed E-state index contributed by atoms with van der Waals surface area (Å²) >= 11 is 3.56. The molecule has 136 valence electrons. The zero-order valence-electron chi connectivity index (χ0n) is 16.2. The summed E-state index contributed by atoms with van der Waals surface area (Å²) in [5.41, 5.74) is 5.41. The molecule has 0 fully saturated rings. The van der Waals surface area contributed by atoms with Crippen molar-refractivity contribution in [3.63, 3.8) is 0 Å². The Morgan fingerprint density at radius 2 is 1.68 bits per heavy atom. The standard InChI is InChI=1S/C22H31BrOSi/c1-5-6-7-8-9-11-14-24-19-21-16-20(17-22(23)18-21)13-10-12-15-25(2,3)4/h16-18H,5-9,11,14,19H2,1-4H3. The molecule has 0 radical (unpaired) electrons. The van der Waals surface area contributed by atoms with Gasteiger partial charge in [-0.25, -0.2) is 0 Å². The highest BCUT2D eigenvalue weighted by molar-refractivity contribution is 9.10. The molecule has 0 unspecified atom stereocenters. The third-order valence-corrected chi connectivity index (χ3v) is 4.91. The number of unbranched alkanes of at least 4 members (excludes halogenated alkanes) is 5. The van der Waals surface area contributed by atoms with E-state index in [4.69, 9.17) is 4.74 Å². The summed E-state index contributed by atoms with van der Waals surface area (Å²) in [5.74, 6) is 9.11. The van der Waals surface area contributed by atoms with Gasteiger partial charge < -0.3 is 4.74 Å². The van der Waals surface area contributed by atoms with E-state index >= 15 is 0 Å². The minimum absolute atomic E-state index is 0.643. The lowest BCUT2D eigenvalue weighted by Gasteiger charge is -2.06. The molecule has 0 N–H and O–H groups in total. The van der Waals surface area contributed by atoms with Gasteiger partial charge in [-0.2, -0.15) is 0 Å². The average Bonchev–Trinajstić information content (AvgIpc) is 2.53. The van der Waals surface area contributed by atoms with Crippen LogP contribution in [0.4, 0.5) is 0 Å². The van der Waals surface area contributed by atoms with Crippen LogP contribution in [-0.2, 0) is 11.3 Å². The van der Waals surface area contributed by atoms with E-state index < -0.39 is 8.07 Å². The van der Waals surface area contributed by atoms with Crippen LogP contribution >= 0.6 is 15.9 Å². The highest BCUT2D eigenvalue weighted by Gasteiger charge is 2.06. The fourth-order valence-corrected chi connectivity index (χ4v) is 3.28. The number of hydrogen-bond donors (Lipinski definition) is 0. The van der Waals surface area contributed by atoms with Crippen LogP contribution in [0.15, 0.2) is 22.7 Å². The van der Waals surface area contributed by atoms with Gasteiger partial charge in [-0.15, -0.1) is 5.54 Å². The first kappa shape index (κ1) is 22.0. The smallest absolute Gasteiger partial charge is 0.130 e. The predicted molar refractivity (Wildman–Crippen MR) is 115 cm³/mol. The number of hydrogen-bond acceptors (Lipinski definition) is 1. The van der Waals surface area contributed by atoms with Gasteiger partial charge in [0, 0.05) is 16.6 Å². The van der Waals surface area contributed by atoms with Crippen LogP contribution in [0.1, 0.15) is 56.6 Å². The Morgan fingerprint density at radius 3 is 2.40 bits per heavy atom. The van der Waals surface area contributed by atoms with Crippen molar-refractivity contribution in [3.8, 4) is 23.3 Å². The third kappa shape index (κ3) is 12.1. The Hall–Kier alpha value is -1.00. The molecule has 0 saturated heterocycles. The Balaban J connectivity index is 2.44. The summed E-state index contributed by atoms with van der Waals surface area (Å²) in [6, 6.07) is 6.22. The van der Waals surface area contributed by atoms with Gasteiger partial charge in [0.25, 0.3) is 0 Å². The van der Waals surface area contributed by atoms with Gasteiger partial charge in [-0.05, 0) is 42.0 Å². The van der Waals surface area contributed by atoms with Crippen LogP contribution in [0.25, 0.3) is 0 Å². The van der Waals surface area contributed by atoms with E-state index in [1.54, 1.807) is 0 Å². The monoisotopic (exact) mass is 418 g/mol. The van der Waals surface area contributed by atoms with Gasteiger partial charge in [-0.3, -0.25) is 0 Å². The summed E-state index contributed by atoms with van der Waals surface area (Å²) in [7, 11) is -1.35. The lowest BCUT2D eigenvalue weighted by Crippen LogP contribution is -2.16. The van der Waals surface area contributed by atoms with Crippen molar-refractivity contribution >= 4 is 24.0 Å². The van der Waals surface area contributed by atoms with Crippen LogP contribution in [-0.4, -0.2) is 14.7 Å². The molecule has 0 spiro atoms. The van der Waals surface area contributed by atoms with E-state index in [0.717, 1.165) is 28.6 Å². The summed E-state index contributed by atoms with van der Waals surface area (Å²) < 4.78 is 6.85. The molecule has 1 aromatic carbocycles. The van der Waals surface area contributed by atoms with E-state index in [0.29, 0.717) is 6.61 Å². The summed E-state index contributed by atoms with van der Waals surface area (Å²) in [6.45, 7) is 10.4. The Kier molecular flexibility index (Phi) is 10.9. The van der Waals surface area contributed by atoms with Crippen molar-refractivity contribution < 1.29 is 4.74 Å². The Bertz CT molecular complexity index is 638. The van der Waals surface area contributed by atoms with Crippen LogP contribution in [0.5, 0.6) is 0 Å². The molecule has 0 saturated carbocycles. The molecule has 0 atom stereocenters. The lowest BCUT2D eigenvalue weighted by molar-refractivity contribution is 0.116.